The first-order chi connectivity index (χ1) is 20.7. The normalized spacial score (nSPS) is 11.7. The minimum atomic E-state index is -5.80. The Balaban J connectivity index is 2.01. The van der Waals surface area contributed by atoms with E-state index in [1.165, 1.54) is 24.3 Å². The maximum absolute atomic E-state index is 14.7. The Bertz CT molecular complexity index is 1710. The van der Waals surface area contributed by atoms with Crippen molar-refractivity contribution in [3.63, 3.8) is 0 Å². The van der Waals surface area contributed by atoms with Gasteiger partial charge in [-0.15, -0.1) is 0 Å². The fourth-order valence-corrected chi connectivity index (χ4v) is 9.15. The van der Waals surface area contributed by atoms with Crippen molar-refractivity contribution in [1.29, 1.82) is 0 Å². The molecule has 0 bridgehead atoms. The van der Waals surface area contributed by atoms with E-state index in [9.17, 15) is 40.4 Å². The van der Waals surface area contributed by atoms with Gasteiger partial charge < -0.3 is 14.2 Å². The Morgan fingerprint density at radius 3 is 1.36 bits per heavy atom. The lowest BCUT2D eigenvalue weighted by molar-refractivity contribution is -0.150. The predicted octanol–water partition coefficient (Wildman–Crippen LogP) is 8.69. The van der Waals surface area contributed by atoms with Crippen LogP contribution < -0.4 is 4.74 Å². The van der Waals surface area contributed by atoms with E-state index in [0.717, 1.165) is 6.92 Å². The van der Waals surface area contributed by atoms with Gasteiger partial charge in [0.2, 0.25) is 17.4 Å². The lowest BCUT2D eigenvalue weighted by Gasteiger charge is -2.27. The molecule has 3 rings (SSSR count). The molecule has 242 valence electrons. The molecule has 0 atom stereocenters. The quantitative estimate of drug-likeness (QED) is 0.0735. The van der Waals surface area contributed by atoms with E-state index in [2.05, 4.69) is 100 Å². The third kappa shape index (κ3) is 8.55. The van der Waals surface area contributed by atoms with Crippen LogP contribution in [0.2, 0.25) is 0 Å². The number of esters is 3. The molecular weight excluding hydrogens is 1030 g/mol. The highest BCUT2D eigenvalue weighted by Gasteiger charge is 2.42. The molecule has 0 unspecified atom stereocenters. The van der Waals surface area contributed by atoms with E-state index in [0.29, 0.717) is 8.95 Å². The number of benzene rings is 3. The lowest BCUT2D eigenvalue weighted by atomic mass is 9.93. The molecule has 0 spiro atoms. The Morgan fingerprint density at radius 1 is 0.711 bits per heavy atom. The van der Waals surface area contributed by atoms with Gasteiger partial charge in [0.15, 0.2) is 16.5 Å². The minimum absolute atomic E-state index is 0.0596. The van der Waals surface area contributed by atoms with Gasteiger partial charge in [-0.3, -0.25) is 9.35 Å². The summed E-state index contributed by atoms with van der Waals surface area (Å²) in [6.07, 6.45) is 0. The molecule has 0 heterocycles. The second-order valence-electron chi connectivity index (χ2n) is 8.98. The average molecular weight is 1040 g/mol. The van der Waals surface area contributed by atoms with E-state index >= 15 is 0 Å². The monoisotopic (exact) mass is 1040 g/mol. The molecule has 0 aliphatic carbocycles. The van der Waals surface area contributed by atoms with E-state index in [-0.39, 0.29) is 29.0 Å². The highest BCUT2D eigenvalue weighted by atomic mass is 79.9. The molecule has 0 saturated carbocycles. The first-order valence-corrected chi connectivity index (χ1v) is 17.6. The van der Waals surface area contributed by atoms with Crippen molar-refractivity contribution in [2.45, 2.75) is 11.8 Å². The topological polar surface area (TPSA) is 133 Å². The molecule has 0 amide bonds. The van der Waals surface area contributed by atoms with Gasteiger partial charge in [0, 0.05) is 26.8 Å². The Morgan fingerprint density at radius 2 is 1.04 bits per heavy atom. The predicted molar refractivity (Wildman–Crippen MR) is 169 cm³/mol. The van der Waals surface area contributed by atoms with Crippen LogP contribution in [0.3, 0.4) is 0 Å². The van der Waals surface area contributed by atoms with Gasteiger partial charge >= 0.3 is 28.0 Å². The van der Waals surface area contributed by atoms with Crippen molar-refractivity contribution in [2.75, 3.05) is 13.2 Å². The fourth-order valence-electron chi connectivity index (χ4n) is 3.35. The van der Waals surface area contributed by atoms with Gasteiger partial charge in [0.1, 0.15) is 18.6 Å². The van der Waals surface area contributed by atoms with Crippen LogP contribution >= 0.6 is 95.6 Å². The standard InChI is InChI=1S/C25H12Br6F4O9S/c1-25(6-42-22(36)14-10(28)2-8(26)3-11(14)29,7-43-23(37)15-12(30)4-9(27)5-13(15)31)24(38)44-20-16(32)18(34)21(45(39,40)41)19(35)17(20)33/h2-5H,6-7H2,1H3,(H,39,40,41). The summed E-state index contributed by atoms with van der Waals surface area (Å²) in [7, 11) is -5.80. The maximum Gasteiger partial charge on any atom is 0.340 e. The van der Waals surface area contributed by atoms with Gasteiger partial charge in [-0.05, 0) is 94.9 Å². The molecule has 9 nitrogen and oxygen atoms in total. The van der Waals surface area contributed by atoms with Crippen LogP contribution in [0.25, 0.3) is 0 Å². The van der Waals surface area contributed by atoms with Gasteiger partial charge in [-0.2, -0.15) is 17.2 Å². The molecule has 3 aromatic carbocycles. The summed E-state index contributed by atoms with van der Waals surface area (Å²) in [4.78, 5) is 36.9. The zero-order valence-corrected chi connectivity index (χ0v) is 32.0. The lowest BCUT2D eigenvalue weighted by Crippen LogP contribution is -2.42. The third-order valence-electron chi connectivity index (χ3n) is 5.59. The Labute approximate surface area is 301 Å². The molecular formula is C25H12Br6F4O9S. The zero-order chi connectivity index (χ0) is 34.2. The largest absolute Gasteiger partial charge is 0.461 e. The van der Waals surface area contributed by atoms with Crippen molar-refractivity contribution in [2.24, 2.45) is 5.41 Å². The average Bonchev–Trinajstić information content (AvgIpc) is 2.90. The van der Waals surface area contributed by atoms with Crippen LogP contribution in [-0.2, 0) is 24.4 Å². The smallest absolute Gasteiger partial charge is 0.340 e. The molecule has 1 N–H and O–H groups in total. The highest BCUT2D eigenvalue weighted by molar-refractivity contribution is 9.12. The SMILES string of the molecule is CC(COC(=O)c1c(Br)cc(Br)cc1Br)(COC(=O)c1c(Br)cc(Br)cc1Br)C(=O)Oc1c(F)c(F)c(S(=O)(=O)O)c(F)c1F. The molecule has 0 radical (unpaired) electrons. The van der Waals surface area contributed by atoms with Crippen LogP contribution in [0.15, 0.2) is 56.0 Å². The number of carbonyl (C=O) groups excluding carboxylic acids is 3. The Kier molecular flexibility index (Phi) is 12.5. The fraction of sp³-hybridized carbons (Fsp3) is 0.160. The molecule has 0 aliphatic heterocycles. The number of ether oxygens (including phenoxy) is 3. The van der Waals surface area contributed by atoms with Crippen LogP contribution in [0, 0.1) is 28.7 Å². The number of hydrogen-bond acceptors (Lipinski definition) is 8. The van der Waals surface area contributed by atoms with E-state index in [1.807, 2.05) is 0 Å². The van der Waals surface area contributed by atoms with Gasteiger partial charge in [-0.1, -0.05) is 31.9 Å². The molecule has 0 aliphatic rings. The highest BCUT2D eigenvalue weighted by Crippen LogP contribution is 2.36. The Hall–Kier alpha value is -1.42. The second-order valence-corrected chi connectivity index (χ2v) is 15.6. The molecule has 3 aromatic rings. The first kappa shape index (κ1) is 38.0. The number of carbonyl (C=O) groups is 3. The maximum atomic E-state index is 14.7. The molecule has 20 heteroatoms. The first-order valence-electron chi connectivity index (χ1n) is 11.4. The molecule has 0 saturated heterocycles. The number of rotatable bonds is 9. The summed E-state index contributed by atoms with van der Waals surface area (Å²) in [5.74, 6) is -16.0. The van der Waals surface area contributed by atoms with Crippen LogP contribution in [0.5, 0.6) is 5.75 Å². The van der Waals surface area contributed by atoms with Gasteiger partial charge in [0.05, 0.1) is 11.1 Å². The summed E-state index contributed by atoms with van der Waals surface area (Å²) in [6, 6.07) is 5.98. The van der Waals surface area contributed by atoms with E-state index in [4.69, 9.17) is 14.0 Å². The number of hydrogen-bond donors (Lipinski definition) is 1. The van der Waals surface area contributed by atoms with Gasteiger partial charge in [0.25, 0.3) is 0 Å². The van der Waals surface area contributed by atoms with E-state index < -0.39 is 80.6 Å². The second kappa shape index (κ2) is 14.8. The van der Waals surface area contributed by atoms with Crippen molar-refractivity contribution in [3.8, 4) is 5.75 Å². The van der Waals surface area contributed by atoms with Crippen molar-refractivity contribution >= 4 is 124 Å². The van der Waals surface area contributed by atoms with Crippen molar-refractivity contribution in [3.05, 3.63) is 85.5 Å². The van der Waals surface area contributed by atoms with Crippen molar-refractivity contribution in [1.82, 2.24) is 0 Å². The molecule has 0 aromatic heterocycles. The van der Waals surface area contributed by atoms with Crippen molar-refractivity contribution < 1.29 is 59.1 Å². The summed E-state index contributed by atoms with van der Waals surface area (Å²) in [5, 5.41) is 0. The summed E-state index contributed by atoms with van der Waals surface area (Å²) in [6.45, 7) is -1.01. The van der Waals surface area contributed by atoms with Crippen LogP contribution in [0.4, 0.5) is 17.6 Å². The number of halogens is 10. The molecule has 45 heavy (non-hydrogen) atoms. The summed E-state index contributed by atoms with van der Waals surface area (Å²) in [5.41, 5.74) is -2.44. The summed E-state index contributed by atoms with van der Waals surface area (Å²) < 4.78 is 107. The summed E-state index contributed by atoms with van der Waals surface area (Å²) >= 11 is 19.2. The van der Waals surface area contributed by atoms with E-state index in [1.54, 1.807) is 0 Å². The van der Waals surface area contributed by atoms with Crippen LogP contribution in [-0.4, -0.2) is 44.1 Å². The zero-order valence-electron chi connectivity index (χ0n) is 21.6. The minimum Gasteiger partial charge on any atom is -0.461 e. The third-order valence-corrected chi connectivity index (χ3v) is 9.89. The molecule has 0 fully saturated rings. The van der Waals surface area contributed by atoms with Crippen LogP contribution in [0.1, 0.15) is 27.6 Å². The van der Waals surface area contributed by atoms with Gasteiger partial charge in [-0.25, -0.2) is 18.4 Å².